The fraction of sp³-hybridized carbons (Fsp3) is 0.357. The van der Waals surface area contributed by atoms with E-state index < -0.39 is 5.97 Å². The van der Waals surface area contributed by atoms with Gasteiger partial charge in [0.1, 0.15) is 5.82 Å². The number of carbonyl (C=O) groups is 2. The minimum absolute atomic E-state index is 0.242. The lowest BCUT2D eigenvalue weighted by molar-refractivity contribution is -0.110. The SMILES string of the molecule is CCOCC=C1C(=O)Nc2ncc(C(=O)OCC)cc21. The van der Waals surface area contributed by atoms with E-state index in [1.807, 2.05) is 6.92 Å². The zero-order valence-corrected chi connectivity index (χ0v) is 11.4. The van der Waals surface area contributed by atoms with Crippen LogP contribution in [0.5, 0.6) is 0 Å². The van der Waals surface area contributed by atoms with Crippen LogP contribution in [0.4, 0.5) is 5.82 Å². The van der Waals surface area contributed by atoms with Crippen molar-refractivity contribution in [3.63, 3.8) is 0 Å². The normalized spacial score (nSPS) is 15.1. The molecule has 1 amide bonds. The van der Waals surface area contributed by atoms with Crippen molar-refractivity contribution in [2.75, 3.05) is 25.1 Å². The summed E-state index contributed by atoms with van der Waals surface area (Å²) in [6.07, 6.45) is 3.07. The van der Waals surface area contributed by atoms with Gasteiger partial charge in [0, 0.05) is 23.9 Å². The van der Waals surface area contributed by atoms with E-state index >= 15 is 0 Å². The van der Waals surface area contributed by atoms with Gasteiger partial charge < -0.3 is 14.8 Å². The first-order valence-corrected chi connectivity index (χ1v) is 6.44. The van der Waals surface area contributed by atoms with E-state index in [9.17, 15) is 9.59 Å². The molecule has 0 aromatic carbocycles. The molecule has 6 heteroatoms. The molecule has 0 saturated carbocycles. The number of fused-ring (bicyclic) bond motifs is 1. The Morgan fingerprint density at radius 3 is 2.90 bits per heavy atom. The number of hydrogen-bond acceptors (Lipinski definition) is 5. The summed E-state index contributed by atoms with van der Waals surface area (Å²) in [7, 11) is 0. The standard InChI is InChI=1S/C14H16N2O4/c1-3-19-6-5-10-11-7-9(14(18)20-4-2)8-15-12(11)16-13(10)17/h5,7-8H,3-4,6H2,1-2H3,(H,15,16,17). The molecule has 1 aromatic heterocycles. The van der Waals surface area contributed by atoms with Gasteiger partial charge in [-0.15, -0.1) is 0 Å². The van der Waals surface area contributed by atoms with Gasteiger partial charge in [0.25, 0.3) is 5.91 Å². The molecule has 0 aliphatic carbocycles. The van der Waals surface area contributed by atoms with E-state index in [-0.39, 0.29) is 5.91 Å². The Balaban J connectivity index is 2.30. The molecule has 0 unspecified atom stereocenters. The largest absolute Gasteiger partial charge is 0.462 e. The number of carbonyl (C=O) groups excluding carboxylic acids is 2. The number of nitrogens with zero attached hydrogens (tertiary/aromatic N) is 1. The summed E-state index contributed by atoms with van der Waals surface area (Å²) in [6.45, 7) is 4.81. The highest BCUT2D eigenvalue weighted by Crippen LogP contribution is 2.30. The fourth-order valence-corrected chi connectivity index (χ4v) is 1.86. The highest BCUT2D eigenvalue weighted by atomic mass is 16.5. The summed E-state index contributed by atoms with van der Waals surface area (Å²) < 4.78 is 10.1. The molecular weight excluding hydrogens is 260 g/mol. The van der Waals surface area contributed by atoms with E-state index in [0.29, 0.717) is 42.3 Å². The van der Waals surface area contributed by atoms with Gasteiger partial charge in [-0.3, -0.25) is 4.79 Å². The van der Waals surface area contributed by atoms with Crippen LogP contribution in [0.3, 0.4) is 0 Å². The number of ether oxygens (including phenoxy) is 2. The molecule has 1 aliphatic rings. The van der Waals surface area contributed by atoms with Crippen LogP contribution >= 0.6 is 0 Å². The van der Waals surface area contributed by atoms with Crippen LogP contribution in [0.2, 0.25) is 0 Å². The molecule has 2 heterocycles. The average molecular weight is 276 g/mol. The zero-order chi connectivity index (χ0) is 14.5. The number of rotatable bonds is 5. The minimum atomic E-state index is -0.452. The van der Waals surface area contributed by atoms with Crippen molar-refractivity contribution in [1.82, 2.24) is 4.98 Å². The van der Waals surface area contributed by atoms with Crippen LogP contribution in [0.1, 0.15) is 29.8 Å². The van der Waals surface area contributed by atoms with Crippen molar-refractivity contribution in [2.24, 2.45) is 0 Å². The maximum absolute atomic E-state index is 11.8. The summed E-state index contributed by atoms with van der Waals surface area (Å²) in [5.74, 6) is -0.245. The number of anilines is 1. The Hall–Kier alpha value is -2.21. The first kappa shape index (κ1) is 14.2. The Bertz CT molecular complexity index is 566. The van der Waals surface area contributed by atoms with Crippen molar-refractivity contribution < 1.29 is 19.1 Å². The molecule has 0 radical (unpaired) electrons. The van der Waals surface area contributed by atoms with Gasteiger partial charge in [0.2, 0.25) is 0 Å². The molecule has 2 rings (SSSR count). The molecule has 0 atom stereocenters. The van der Waals surface area contributed by atoms with Gasteiger partial charge in [0.15, 0.2) is 0 Å². The van der Waals surface area contributed by atoms with Crippen molar-refractivity contribution in [3.8, 4) is 0 Å². The van der Waals surface area contributed by atoms with Crippen LogP contribution in [0.25, 0.3) is 5.57 Å². The molecule has 20 heavy (non-hydrogen) atoms. The summed E-state index contributed by atoms with van der Waals surface area (Å²) in [5.41, 5.74) is 1.39. The highest BCUT2D eigenvalue weighted by molar-refractivity contribution is 6.31. The van der Waals surface area contributed by atoms with Crippen LogP contribution in [0.15, 0.2) is 18.3 Å². The van der Waals surface area contributed by atoms with Gasteiger partial charge in [-0.2, -0.15) is 0 Å². The number of hydrogen-bond donors (Lipinski definition) is 1. The Morgan fingerprint density at radius 1 is 1.40 bits per heavy atom. The predicted molar refractivity (Wildman–Crippen MR) is 73.3 cm³/mol. The van der Waals surface area contributed by atoms with Crippen LogP contribution in [0, 0.1) is 0 Å². The molecule has 0 saturated heterocycles. The predicted octanol–water partition coefficient (Wildman–Crippen LogP) is 1.63. The lowest BCUT2D eigenvalue weighted by atomic mass is 10.1. The minimum Gasteiger partial charge on any atom is -0.462 e. The van der Waals surface area contributed by atoms with Crippen LogP contribution in [-0.2, 0) is 14.3 Å². The van der Waals surface area contributed by atoms with Gasteiger partial charge in [-0.05, 0) is 26.0 Å². The third kappa shape index (κ3) is 2.85. The van der Waals surface area contributed by atoms with Gasteiger partial charge in [-0.1, -0.05) is 0 Å². The van der Waals surface area contributed by atoms with E-state index in [4.69, 9.17) is 9.47 Å². The second-order valence-electron chi connectivity index (χ2n) is 4.07. The summed E-state index contributed by atoms with van der Waals surface area (Å²) >= 11 is 0. The second kappa shape index (κ2) is 6.29. The number of nitrogens with one attached hydrogen (secondary N) is 1. The first-order chi connectivity index (χ1) is 9.67. The summed E-state index contributed by atoms with van der Waals surface area (Å²) in [4.78, 5) is 27.6. The molecule has 1 N–H and O–H groups in total. The molecule has 0 spiro atoms. The molecular formula is C14H16N2O4. The van der Waals surface area contributed by atoms with Gasteiger partial charge in [-0.25, -0.2) is 9.78 Å². The highest BCUT2D eigenvalue weighted by Gasteiger charge is 2.26. The number of pyridine rings is 1. The fourth-order valence-electron chi connectivity index (χ4n) is 1.86. The number of amides is 1. The third-order valence-corrected chi connectivity index (χ3v) is 2.77. The smallest absolute Gasteiger partial charge is 0.339 e. The van der Waals surface area contributed by atoms with Gasteiger partial charge >= 0.3 is 5.97 Å². The molecule has 0 fully saturated rings. The first-order valence-electron chi connectivity index (χ1n) is 6.44. The molecule has 1 aromatic rings. The van der Waals surface area contributed by atoms with E-state index in [0.717, 1.165) is 0 Å². The molecule has 1 aliphatic heterocycles. The van der Waals surface area contributed by atoms with Gasteiger partial charge in [0.05, 0.1) is 18.8 Å². The quantitative estimate of drug-likeness (QED) is 0.502. The van der Waals surface area contributed by atoms with Crippen molar-refractivity contribution in [1.29, 1.82) is 0 Å². The van der Waals surface area contributed by atoms with E-state index in [2.05, 4.69) is 10.3 Å². The third-order valence-electron chi connectivity index (χ3n) is 2.77. The molecule has 0 bridgehead atoms. The Kier molecular flexibility index (Phi) is 4.47. The van der Waals surface area contributed by atoms with Crippen LogP contribution in [-0.4, -0.2) is 36.7 Å². The van der Waals surface area contributed by atoms with Crippen molar-refractivity contribution in [2.45, 2.75) is 13.8 Å². The Labute approximate surface area is 116 Å². The molecule has 6 nitrogen and oxygen atoms in total. The summed E-state index contributed by atoms with van der Waals surface area (Å²) in [5, 5.41) is 2.65. The van der Waals surface area contributed by atoms with Crippen molar-refractivity contribution >= 4 is 23.3 Å². The maximum Gasteiger partial charge on any atom is 0.339 e. The number of esters is 1. The molecule has 106 valence electrons. The maximum atomic E-state index is 11.8. The average Bonchev–Trinajstić information content (AvgIpc) is 2.75. The number of aromatic nitrogens is 1. The topological polar surface area (TPSA) is 77.5 Å². The Morgan fingerprint density at radius 2 is 2.20 bits per heavy atom. The monoisotopic (exact) mass is 276 g/mol. The lowest BCUT2D eigenvalue weighted by Gasteiger charge is -2.03. The summed E-state index contributed by atoms with van der Waals surface area (Å²) in [6, 6.07) is 1.61. The second-order valence-corrected chi connectivity index (χ2v) is 4.07. The van der Waals surface area contributed by atoms with Crippen LogP contribution < -0.4 is 5.32 Å². The van der Waals surface area contributed by atoms with E-state index in [1.54, 1.807) is 19.1 Å². The lowest BCUT2D eigenvalue weighted by Crippen LogP contribution is -2.06. The zero-order valence-electron chi connectivity index (χ0n) is 11.4. The van der Waals surface area contributed by atoms with Crippen molar-refractivity contribution in [3.05, 3.63) is 29.5 Å². The van der Waals surface area contributed by atoms with E-state index in [1.165, 1.54) is 6.20 Å².